The summed E-state index contributed by atoms with van der Waals surface area (Å²) in [5, 5.41) is 3.10. The fourth-order valence-electron chi connectivity index (χ4n) is 1.01. The van der Waals surface area contributed by atoms with Gasteiger partial charge in [-0.3, -0.25) is 0 Å². The summed E-state index contributed by atoms with van der Waals surface area (Å²) >= 11 is 0. The van der Waals surface area contributed by atoms with Crippen LogP contribution >= 0.6 is 0 Å². The minimum Gasteiger partial charge on any atom is -0.384 e. The smallest absolute Gasteiger partial charge is 0.224 e. The van der Waals surface area contributed by atoms with Crippen LogP contribution in [0.15, 0.2) is 18.7 Å². The van der Waals surface area contributed by atoms with E-state index in [1.54, 1.807) is 6.07 Å². The lowest BCUT2D eigenvalue weighted by Crippen LogP contribution is -2.12. The van der Waals surface area contributed by atoms with Crippen molar-refractivity contribution in [3.05, 3.63) is 24.4 Å². The van der Waals surface area contributed by atoms with Crippen LogP contribution in [-0.2, 0) is 0 Å². The van der Waals surface area contributed by atoms with E-state index < -0.39 is 0 Å². The van der Waals surface area contributed by atoms with Crippen molar-refractivity contribution in [2.24, 2.45) is 5.92 Å². The quantitative estimate of drug-likeness (QED) is 0.711. The molecule has 0 fully saturated rings. The highest BCUT2D eigenvalue weighted by Crippen LogP contribution is 2.06. The Morgan fingerprint density at radius 1 is 1.64 bits per heavy atom. The van der Waals surface area contributed by atoms with Gasteiger partial charge in [0, 0.05) is 18.3 Å². The lowest BCUT2D eigenvalue weighted by molar-refractivity contribution is 0.765. The van der Waals surface area contributed by atoms with Gasteiger partial charge < -0.3 is 11.1 Å². The third-order valence-electron chi connectivity index (χ3n) is 1.86. The monoisotopic (exact) mass is 192 g/mol. The van der Waals surface area contributed by atoms with Crippen LogP contribution in [0.5, 0.6) is 0 Å². The zero-order valence-electron chi connectivity index (χ0n) is 8.62. The molecule has 76 valence electrons. The molecule has 1 atom stereocenters. The van der Waals surface area contributed by atoms with E-state index >= 15 is 0 Å². The molecule has 1 unspecified atom stereocenters. The molecule has 4 nitrogen and oxygen atoms in total. The molecule has 0 amide bonds. The van der Waals surface area contributed by atoms with Gasteiger partial charge in [0.25, 0.3) is 0 Å². The Balaban J connectivity index is 2.62. The van der Waals surface area contributed by atoms with E-state index in [-0.39, 0.29) is 0 Å². The number of anilines is 2. The summed E-state index contributed by atoms with van der Waals surface area (Å²) in [6.07, 6.45) is 1.88. The van der Waals surface area contributed by atoms with E-state index in [4.69, 9.17) is 5.73 Å². The third kappa shape index (κ3) is 3.05. The van der Waals surface area contributed by atoms with Crippen molar-refractivity contribution >= 4 is 11.8 Å². The Morgan fingerprint density at radius 2 is 2.36 bits per heavy atom. The molecule has 4 heteroatoms. The van der Waals surface area contributed by atoms with Crippen LogP contribution in [0.1, 0.15) is 12.6 Å². The Hall–Kier alpha value is -1.58. The van der Waals surface area contributed by atoms with E-state index in [2.05, 4.69) is 28.8 Å². The van der Waals surface area contributed by atoms with Crippen LogP contribution in [0.2, 0.25) is 0 Å². The predicted octanol–water partition coefficient (Wildman–Crippen LogP) is 1.60. The van der Waals surface area contributed by atoms with E-state index in [0.717, 1.165) is 12.2 Å². The van der Waals surface area contributed by atoms with Gasteiger partial charge in [-0.15, -0.1) is 6.58 Å². The summed E-state index contributed by atoms with van der Waals surface area (Å²) < 4.78 is 0. The van der Waals surface area contributed by atoms with Crippen LogP contribution in [0, 0.1) is 12.8 Å². The summed E-state index contributed by atoms with van der Waals surface area (Å²) in [6, 6.07) is 1.74. The molecule has 1 heterocycles. The first-order valence-electron chi connectivity index (χ1n) is 4.59. The van der Waals surface area contributed by atoms with E-state index in [9.17, 15) is 0 Å². The Labute approximate surface area is 84.3 Å². The lowest BCUT2D eigenvalue weighted by atomic mass is 10.2. The topological polar surface area (TPSA) is 63.8 Å². The molecule has 1 rings (SSSR count). The molecule has 0 aromatic carbocycles. The van der Waals surface area contributed by atoms with E-state index in [0.29, 0.717) is 17.7 Å². The number of aryl methyl sites for hydroxylation is 1. The average Bonchev–Trinajstić information content (AvgIpc) is 2.12. The second-order valence-electron chi connectivity index (χ2n) is 3.35. The molecule has 0 radical (unpaired) electrons. The summed E-state index contributed by atoms with van der Waals surface area (Å²) in [6.45, 7) is 8.43. The number of nitrogens with two attached hydrogens (primary N) is 1. The Morgan fingerprint density at radius 3 is 2.93 bits per heavy atom. The van der Waals surface area contributed by atoms with Gasteiger partial charge in [0.2, 0.25) is 5.95 Å². The van der Waals surface area contributed by atoms with Crippen molar-refractivity contribution in [3.63, 3.8) is 0 Å². The highest BCUT2D eigenvalue weighted by atomic mass is 15.1. The maximum Gasteiger partial charge on any atom is 0.224 e. The van der Waals surface area contributed by atoms with Crippen molar-refractivity contribution in [1.82, 2.24) is 9.97 Å². The highest BCUT2D eigenvalue weighted by molar-refractivity contribution is 5.38. The molecule has 0 saturated heterocycles. The van der Waals surface area contributed by atoms with Crippen LogP contribution in [0.3, 0.4) is 0 Å². The molecule has 0 aliphatic rings. The van der Waals surface area contributed by atoms with Gasteiger partial charge in [0.05, 0.1) is 0 Å². The Bertz CT molecular complexity index is 302. The molecule has 0 aliphatic carbocycles. The number of nitrogens with one attached hydrogen (secondary N) is 1. The first-order chi connectivity index (χ1) is 6.61. The minimum absolute atomic E-state index is 0.389. The van der Waals surface area contributed by atoms with Crippen LogP contribution < -0.4 is 11.1 Å². The molecule has 0 bridgehead atoms. The molecular formula is C10H16N4. The van der Waals surface area contributed by atoms with Crippen LogP contribution in [-0.4, -0.2) is 16.5 Å². The standard InChI is InChI=1S/C10H16N4/c1-4-7(2)6-12-10-13-8(3)5-9(11)14-10/h4-5,7H,1,6H2,2-3H3,(H3,11,12,13,14). The molecule has 1 aromatic heterocycles. The number of hydrogen-bond donors (Lipinski definition) is 2. The minimum atomic E-state index is 0.389. The summed E-state index contributed by atoms with van der Waals surface area (Å²) in [4.78, 5) is 8.27. The molecule has 0 spiro atoms. The second-order valence-corrected chi connectivity index (χ2v) is 3.35. The zero-order chi connectivity index (χ0) is 10.6. The normalized spacial score (nSPS) is 12.1. The molecule has 3 N–H and O–H groups in total. The molecule has 0 saturated carbocycles. The maximum absolute atomic E-state index is 5.59. The number of rotatable bonds is 4. The van der Waals surface area contributed by atoms with Crippen molar-refractivity contribution in [3.8, 4) is 0 Å². The summed E-state index contributed by atoms with van der Waals surface area (Å²) in [5.41, 5.74) is 6.45. The number of aromatic nitrogens is 2. The summed E-state index contributed by atoms with van der Waals surface area (Å²) in [5.74, 6) is 1.46. The van der Waals surface area contributed by atoms with Crippen LogP contribution in [0.4, 0.5) is 11.8 Å². The molecule has 1 aromatic rings. The van der Waals surface area contributed by atoms with Crippen LogP contribution in [0.25, 0.3) is 0 Å². The number of hydrogen-bond acceptors (Lipinski definition) is 4. The fourth-order valence-corrected chi connectivity index (χ4v) is 1.01. The van der Waals surface area contributed by atoms with Gasteiger partial charge in [0.15, 0.2) is 0 Å². The maximum atomic E-state index is 5.59. The first-order valence-corrected chi connectivity index (χ1v) is 4.59. The summed E-state index contributed by atoms with van der Waals surface area (Å²) in [7, 11) is 0. The third-order valence-corrected chi connectivity index (χ3v) is 1.86. The van der Waals surface area contributed by atoms with Crippen molar-refractivity contribution in [1.29, 1.82) is 0 Å². The fraction of sp³-hybridized carbons (Fsp3) is 0.400. The van der Waals surface area contributed by atoms with Gasteiger partial charge in [-0.2, -0.15) is 4.98 Å². The highest BCUT2D eigenvalue weighted by Gasteiger charge is 2.00. The largest absolute Gasteiger partial charge is 0.384 e. The first kappa shape index (κ1) is 10.5. The van der Waals surface area contributed by atoms with Crippen molar-refractivity contribution in [2.75, 3.05) is 17.6 Å². The second kappa shape index (κ2) is 4.60. The van der Waals surface area contributed by atoms with Gasteiger partial charge in [-0.05, 0) is 12.8 Å². The van der Waals surface area contributed by atoms with E-state index in [1.165, 1.54) is 0 Å². The zero-order valence-corrected chi connectivity index (χ0v) is 8.62. The SMILES string of the molecule is C=CC(C)CNc1nc(C)cc(N)n1. The number of nitrogen functional groups attached to an aromatic ring is 1. The average molecular weight is 192 g/mol. The predicted molar refractivity (Wildman–Crippen MR) is 59.0 cm³/mol. The molecule has 0 aliphatic heterocycles. The van der Waals surface area contributed by atoms with Crippen molar-refractivity contribution in [2.45, 2.75) is 13.8 Å². The van der Waals surface area contributed by atoms with E-state index in [1.807, 2.05) is 13.0 Å². The molecular weight excluding hydrogens is 176 g/mol. The number of nitrogens with zero attached hydrogens (tertiary/aromatic N) is 2. The Kier molecular flexibility index (Phi) is 3.45. The van der Waals surface area contributed by atoms with Crippen molar-refractivity contribution < 1.29 is 0 Å². The lowest BCUT2D eigenvalue weighted by Gasteiger charge is -2.08. The molecule has 14 heavy (non-hydrogen) atoms. The van der Waals surface area contributed by atoms with Gasteiger partial charge in [0.1, 0.15) is 5.82 Å². The van der Waals surface area contributed by atoms with Gasteiger partial charge in [-0.1, -0.05) is 13.0 Å². The van der Waals surface area contributed by atoms with Gasteiger partial charge in [-0.25, -0.2) is 4.98 Å². The van der Waals surface area contributed by atoms with Gasteiger partial charge >= 0.3 is 0 Å².